The van der Waals surface area contributed by atoms with Gasteiger partial charge in [-0.3, -0.25) is 0 Å². The Morgan fingerprint density at radius 3 is 2.59 bits per heavy atom. The molecule has 2 heterocycles. The summed E-state index contributed by atoms with van der Waals surface area (Å²) in [5, 5.41) is 4.41. The van der Waals surface area contributed by atoms with E-state index < -0.39 is 0 Å². The van der Waals surface area contributed by atoms with Crippen LogP contribution in [0.5, 0.6) is 0 Å². The molecular formula is C18H15N3S. The van der Waals surface area contributed by atoms with Crippen LogP contribution in [-0.4, -0.2) is 14.6 Å². The second-order valence-corrected chi connectivity index (χ2v) is 6.09. The maximum atomic E-state index is 4.41. The van der Waals surface area contributed by atoms with Gasteiger partial charge >= 0.3 is 0 Å². The molecule has 0 fully saturated rings. The summed E-state index contributed by atoms with van der Waals surface area (Å²) in [4.78, 5) is 6.54. The lowest BCUT2D eigenvalue weighted by Gasteiger charge is -2.08. The fourth-order valence-corrected chi connectivity index (χ4v) is 3.89. The molecule has 4 heteroatoms. The van der Waals surface area contributed by atoms with E-state index in [9.17, 15) is 0 Å². The van der Waals surface area contributed by atoms with E-state index in [4.69, 9.17) is 0 Å². The molecule has 4 aromatic rings. The van der Waals surface area contributed by atoms with E-state index in [2.05, 4.69) is 65.5 Å². The number of fused-ring (bicyclic) bond motifs is 1. The molecule has 22 heavy (non-hydrogen) atoms. The van der Waals surface area contributed by atoms with Crippen molar-refractivity contribution < 1.29 is 0 Å². The van der Waals surface area contributed by atoms with Crippen LogP contribution in [0.1, 0.15) is 12.5 Å². The SMILES string of the molecule is CCc1ccccc1-c1sc2ncnn2c1-c1ccccc1. The van der Waals surface area contributed by atoms with E-state index in [0.29, 0.717) is 0 Å². The summed E-state index contributed by atoms with van der Waals surface area (Å²) in [7, 11) is 0. The van der Waals surface area contributed by atoms with E-state index in [0.717, 1.165) is 17.1 Å². The molecule has 108 valence electrons. The van der Waals surface area contributed by atoms with E-state index in [1.165, 1.54) is 21.6 Å². The zero-order chi connectivity index (χ0) is 14.9. The molecule has 0 bridgehead atoms. The third-order valence-electron chi connectivity index (χ3n) is 3.83. The van der Waals surface area contributed by atoms with Crippen molar-refractivity contribution in [2.75, 3.05) is 0 Å². The van der Waals surface area contributed by atoms with Gasteiger partial charge < -0.3 is 0 Å². The highest BCUT2D eigenvalue weighted by Crippen LogP contribution is 2.39. The Balaban J connectivity index is 2.04. The molecule has 0 aliphatic heterocycles. The zero-order valence-corrected chi connectivity index (χ0v) is 13.0. The molecule has 0 amide bonds. The second-order valence-electron chi connectivity index (χ2n) is 5.11. The van der Waals surface area contributed by atoms with Gasteiger partial charge in [0.15, 0.2) is 0 Å². The summed E-state index contributed by atoms with van der Waals surface area (Å²) in [5.74, 6) is 0. The molecule has 4 rings (SSSR count). The Morgan fingerprint density at radius 1 is 1.00 bits per heavy atom. The minimum absolute atomic E-state index is 0.930. The Morgan fingerprint density at radius 2 is 1.77 bits per heavy atom. The normalized spacial score (nSPS) is 11.1. The predicted octanol–water partition coefficient (Wildman–Crippen LogP) is 4.69. The lowest BCUT2D eigenvalue weighted by atomic mass is 10.0. The number of hydrogen-bond acceptors (Lipinski definition) is 3. The third-order valence-corrected chi connectivity index (χ3v) is 4.91. The van der Waals surface area contributed by atoms with Crippen molar-refractivity contribution in [1.29, 1.82) is 0 Å². The molecule has 3 nitrogen and oxygen atoms in total. The standard InChI is InChI=1S/C18H15N3S/c1-2-13-8-6-7-11-15(13)17-16(14-9-4-3-5-10-14)21-18(22-17)19-12-20-21/h3-12H,2H2,1H3. The molecule has 0 N–H and O–H groups in total. The minimum Gasteiger partial charge on any atom is -0.206 e. The lowest BCUT2D eigenvalue weighted by Crippen LogP contribution is -1.92. The van der Waals surface area contributed by atoms with Crippen LogP contribution in [0.2, 0.25) is 0 Å². The van der Waals surface area contributed by atoms with Crippen LogP contribution >= 0.6 is 11.3 Å². The van der Waals surface area contributed by atoms with Crippen LogP contribution < -0.4 is 0 Å². The molecule has 0 aliphatic rings. The van der Waals surface area contributed by atoms with Crippen molar-refractivity contribution in [3.8, 4) is 21.7 Å². The smallest absolute Gasteiger partial charge is 0.206 e. The van der Waals surface area contributed by atoms with Crippen LogP contribution in [0.4, 0.5) is 0 Å². The molecule has 0 saturated heterocycles. The highest BCUT2D eigenvalue weighted by atomic mass is 32.1. The van der Waals surface area contributed by atoms with Gasteiger partial charge in [0.2, 0.25) is 4.96 Å². The maximum absolute atomic E-state index is 4.41. The van der Waals surface area contributed by atoms with Crippen LogP contribution in [0, 0.1) is 0 Å². The first kappa shape index (κ1) is 13.2. The van der Waals surface area contributed by atoms with Crippen molar-refractivity contribution in [1.82, 2.24) is 14.6 Å². The molecule has 2 aromatic carbocycles. The van der Waals surface area contributed by atoms with Crippen molar-refractivity contribution in [3.63, 3.8) is 0 Å². The van der Waals surface area contributed by atoms with Crippen LogP contribution in [0.15, 0.2) is 60.9 Å². The molecule has 2 aromatic heterocycles. The lowest BCUT2D eigenvalue weighted by molar-refractivity contribution is 0.985. The summed E-state index contributed by atoms with van der Waals surface area (Å²) in [5.41, 5.74) is 4.92. The quantitative estimate of drug-likeness (QED) is 0.550. The molecule has 0 unspecified atom stereocenters. The summed E-state index contributed by atoms with van der Waals surface area (Å²) < 4.78 is 1.95. The van der Waals surface area contributed by atoms with E-state index in [1.807, 2.05) is 10.6 Å². The Kier molecular flexibility index (Phi) is 3.24. The molecular weight excluding hydrogens is 290 g/mol. The maximum Gasteiger partial charge on any atom is 0.213 e. The number of thiazole rings is 1. The van der Waals surface area contributed by atoms with Gasteiger partial charge in [0.25, 0.3) is 0 Å². The second kappa shape index (κ2) is 5.39. The Hall–Kier alpha value is -2.46. The van der Waals surface area contributed by atoms with Crippen molar-refractivity contribution in [2.45, 2.75) is 13.3 Å². The minimum atomic E-state index is 0.930. The van der Waals surface area contributed by atoms with Gasteiger partial charge in [-0.1, -0.05) is 72.9 Å². The van der Waals surface area contributed by atoms with Crippen LogP contribution in [0.3, 0.4) is 0 Å². The monoisotopic (exact) mass is 305 g/mol. The summed E-state index contributed by atoms with van der Waals surface area (Å²) in [6, 6.07) is 19.0. The van der Waals surface area contributed by atoms with Crippen molar-refractivity contribution in [3.05, 3.63) is 66.5 Å². The molecule has 0 saturated carbocycles. The topological polar surface area (TPSA) is 30.2 Å². The number of rotatable bonds is 3. The molecule has 0 atom stereocenters. The number of nitrogens with zero attached hydrogens (tertiary/aromatic N) is 3. The first-order valence-electron chi connectivity index (χ1n) is 7.34. The zero-order valence-electron chi connectivity index (χ0n) is 12.2. The molecule has 0 radical (unpaired) electrons. The first-order chi connectivity index (χ1) is 10.9. The highest BCUT2D eigenvalue weighted by Gasteiger charge is 2.18. The van der Waals surface area contributed by atoms with Gasteiger partial charge in [-0.25, -0.2) is 9.50 Å². The van der Waals surface area contributed by atoms with Gasteiger partial charge in [-0.05, 0) is 17.5 Å². The average molecular weight is 305 g/mol. The van der Waals surface area contributed by atoms with Gasteiger partial charge in [0.05, 0.1) is 10.6 Å². The predicted molar refractivity (Wildman–Crippen MR) is 91.1 cm³/mol. The van der Waals surface area contributed by atoms with Crippen LogP contribution in [0.25, 0.3) is 26.7 Å². The highest BCUT2D eigenvalue weighted by molar-refractivity contribution is 7.20. The number of hydrogen-bond donors (Lipinski definition) is 0. The average Bonchev–Trinajstić information content (AvgIpc) is 3.16. The van der Waals surface area contributed by atoms with Crippen molar-refractivity contribution in [2.24, 2.45) is 0 Å². The summed E-state index contributed by atoms with van der Waals surface area (Å²) in [6.07, 6.45) is 2.63. The van der Waals surface area contributed by atoms with E-state index >= 15 is 0 Å². The summed E-state index contributed by atoms with van der Waals surface area (Å²) >= 11 is 1.70. The number of aryl methyl sites for hydroxylation is 1. The van der Waals surface area contributed by atoms with Gasteiger partial charge in [0, 0.05) is 5.56 Å². The Bertz CT molecular complexity index is 922. The summed E-state index contributed by atoms with van der Waals surface area (Å²) in [6.45, 7) is 2.19. The van der Waals surface area contributed by atoms with Gasteiger partial charge in [-0.2, -0.15) is 5.10 Å². The number of benzene rings is 2. The number of aromatic nitrogens is 3. The largest absolute Gasteiger partial charge is 0.213 e. The van der Waals surface area contributed by atoms with E-state index in [-0.39, 0.29) is 0 Å². The first-order valence-corrected chi connectivity index (χ1v) is 8.16. The van der Waals surface area contributed by atoms with Crippen LogP contribution in [-0.2, 0) is 6.42 Å². The van der Waals surface area contributed by atoms with Crippen molar-refractivity contribution >= 4 is 16.3 Å². The molecule has 0 aliphatic carbocycles. The Labute approximate surface area is 132 Å². The fraction of sp³-hybridized carbons (Fsp3) is 0.111. The third kappa shape index (κ3) is 2.04. The fourth-order valence-electron chi connectivity index (χ4n) is 2.77. The van der Waals surface area contributed by atoms with E-state index in [1.54, 1.807) is 17.7 Å². The molecule has 0 spiro atoms. The van der Waals surface area contributed by atoms with Gasteiger partial charge in [0.1, 0.15) is 6.33 Å². The van der Waals surface area contributed by atoms with Gasteiger partial charge in [-0.15, -0.1) is 0 Å².